The van der Waals surface area contributed by atoms with Gasteiger partial charge in [0.1, 0.15) is 5.82 Å². The van der Waals surface area contributed by atoms with Gasteiger partial charge < -0.3 is 5.32 Å². The average Bonchev–Trinajstić information content (AvgIpc) is 2.54. The number of hydrogen-bond acceptors (Lipinski definition) is 3. The summed E-state index contributed by atoms with van der Waals surface area (Å²) < 4.78 is 13.9. The summed E-state index contributed by atoms with van der Waals surface area (Å²) in [7, 11) is 0. The Balaban J connectivity index is 2.02. The van der Waals surface area contributed by atoms with E-state index in [0.29, 0.717) is 27.7 Å². The van der Waals surface area contributed by atoms with Crippen molar-refractivity contribution in [3.05, 3.63) is 60.2 Å². The lowest BCUT2D eigenvalue weighted by Gasteiger charge is -2.09. The van der Waals surface area contributed by atoms with Crippen LogP contribution in [0.3, 0.4) is 0 Å². The molecular formula is C18H16FN3O. The fourth-order valence-electron chi connectivity index (χ4n) is 2.33. The van der Waals surface area contributed by atoms with E-state index in [1.165, 1.54) is 6.07 Å². The van der Waals surface area contributed by atoms with Crippen LogP contribution in [0.4, 0.5) is 4.39 Å². The van der Waals surface area contributed by atoms with Crippen molar-refractivity contribution in [1.29, 1.82) is 0 Å². The molecule has 0 atom stereocenters. The van der Waals surface area contributed by atoms with Gasteiger partial charge in [0.15, 0.2) is 0 Å². The summed E-state index contributed by atoms with van der Waals surface area (Å²) in [5.41, 5.74) is 2.35. The minimum Gasteiger partial charge on any atom is -0.350 e. The zero-order valence-corrected chi connectivity index (χ0v) is 12.9. The summed E-state index contributed by atoms with van der Waals surface area (Å²) in [5.74, 6) is -0.492. The highest BCUT2D eigenvalue weighted by Gasteiger charge is 2.10. The minimum atomic E-state index is -0.328. The Labute approximate surface area is 133 Å². The van der Waals surface area contributed by atoms with Gasteiger partial charge in [-0.05, 0) is 44.2 Å². The Kier molecular flexibility index (Phi) is 4.02. The highest BCUT2D eigenvalue weighted by Crippen LogP contribution is 2.23. The van der Waals surface area contributed by atoms with Crippen LogP contribution >= 0.6 is 0 Å². The van der Waals surface area contributed by atoms with Gasteiger partial charge in [-0.15, -0.1) is 0 Å². The van der Waals surface area contributed by atoms with E-state index in [9.17, 15) is 9.18 Å². The summed E-state index contributed by atoms with van der Waals surface area (Å²) in [6, 6.07) is 9.85. The molecule has 1 aromatic carbocycles. The first-order valence-electron chi connectivity index (χ1n) is 7.36. The van der Waals surface area contributed by atoms with Gasteiger partial charge in [-0.1, -0.05) is 6.07 Å². The van der Waals surface area contributed by atoms with Gasteiger partial charge in [0.05, 0.1) is 11.2 Å². The van der Waals surface area contributed by atoms with Gasteiger partial charge in [-0.2, -0.15) is 0 Å². The molecule has 0 unspecified atom stereocenters. The van der Waals surface area contributed by atoms with E-state index >= 15 is 0 Å². The monoisotopic (exact) mass is 309 g/mol. The lowest BCUT2D eigenvalue weighted by molar-refractivity contribution is 0.0943. The van der Waals surface area contributed by atoms with Gasteiger partial charge >= 0.3 is 0 Å². The summed E-state index contributed by atoms with van der Waals surface area (Å²) >= 11 is 0. The number of carbonyl (C=O) groups is 1. The number of nitrogens with one attached hydrogen (secondary N) is 1. The second-order valence-electron chi connectivity index (χ2n) is 5.59. The molecular weight excluding hydrogens is 293 g/mol. The molecule has 0 aliphatic rings. The number of pyridine rings is 2. The molecule has 4 nitrogen and oxygen atoms in total. The van der Waals surface area contributed by atoms with Crippen LogP contribution in [0.5, 0.6) is 0 Å². The maximum Gasteiger partial charge on any atom is 0.251 e. The summed E-state index contributed by atoms with van der Waals surface area (Å²) in [6.45, 7) is 3.80. The van der Waals surface area contributed by atoms with E-state index < -0.39 is 0 Å². The topological polar surface area (TPSA) is 54.9 Å². The largest absolute Gasteiger partial charge is 0.350 e. The lowest BCUT2D eigenvalue weighted by Crippen LogP contribution is -2.30. The first-order valence-corrected chi connectivity index (χ1v) is 7.36. The molecule has 3 rings (SSSR count). The maximum absolute atomic E-state index is 13.9. The molecule has 0 aliphatic carbocycles. The van der Waals surface area contributed by atoms with Crippen LogP contribution in [0.1, 0.15) is 24.2 Å². The van der Waals surface area contributed by atoms with Crippen molar-refractivity contribution in [2.24, 2.45) is 0 Å². The van der Waals surface area contributed by atoms with E-state index in [1.54, 1.807) is 42.7 Å². The standard InChI is InChI=1S/C18H16FN3O/c1-11(2)22-18(23)12-6-7-20-17(9-12)13-8-14-15(19)4-3-5-16(14)21-10-13/h3-11H,1-2H3,(H,22,23). The molecule has 0 bridgehead atoms. The predicted molar refractivity (Wildman–Crippen MR) is 87.5 cm³/mol. The Morgan fingerprint density at radius 3 is 2.78 bits per heavy atom. The minimum absolute atomic E-state index is 0.0514. The van der Waals surface area contributed by atoms with E-state index in [-0.39, 0.29) is 17.8 Å². The van der Waals surface area contributed by atoms with E-state index in [1.807, 2.05) is 13.8 Å². The van der Waals surface area contributed by atoms with Crippen LogP contribution in [0, 0.1) is 5.82 Å². The smallest absolute Gasteiger partial charge is 0.251 e. The van der Waals surface area contributed by atoms with Gasteiger partial charge in [-0.3, -0.25) is 14.8 Å². The highest BCUT2D eigenvalue weighted by atomic mass is 19.1. The molecule has 3 aromatic rings. The molecule has 0 spiro atoms. The SMILES string of the molecule is CC(C)NC(=O)c1ccnc(-c2cnc3cccc(F)c3c2)c1. The summed E-state index contributed by atoms with van der Waals surface area (Å²) in [6.07, 6.45) is 3.20. The third kappa shape index (κ3) is 3.18. The molecule has 0 saturated heterocycles. The van der Waals surface area contributed by atoms with E-state index in [0.717, 1.165) is 0 Å². The van der Waals surface area contributed by atoms with Crippen LogP contribution < -0.4 is 5.32 Å². The van der Waals surface area contributed by atoms with Crippen molar-refractivity contribution >= 4 is 16.8 Å². The molecule has 23 heavy (non-hydrogen) atoms. The van der Waals surface area contributed by atoms with Crippen LogP contribution in [0.25, 0.3) is 22.2 Å². The van der Waals surface area contributed by atoms with Crippen LogP contribution in [0.2, 0.25) is 0 Å². The van der Waals surface area contributed by atoms with Crippen LogP contribution in [-0.2, 0) is 0 Å². The van der Waals surface area contributed by atoms with E-state index in [4.69, 9.17) is 0 Å². The second-order valence-corrected chi connectivity index (χ2v) is 5.59. The number of rotatable bonds is 3. The maximum atomic E-state index is 13.9. The zero-order valence-electron chi connectivity index (χ0n) is 12.9. The molecule has 0 saturated carbocycles. The number of hydrogen-bond donors (Lipinski definition) is 1. The van der Waals surface area contributed by atoms with Gasteiger partial charge in [0.25, 0.3) is 5.91 Å². The van der Waals surface area contributed by atoms with Crippen molar-refractivity contribution < 1.29 is 9.18 Å². The highest BCUT2D eigenvalue weighted by molar-refractivity contribution is 5.95. The Morgan fingerprint density at radius 1 is 1.17 bits per heavy atom. The van der Waals surface area contributed by atoms with Crippen molar-refractivity contribution in [2.75, 3.05) is 0 Å². The molecule has 0 fully saturated rings. The second kappa shape index (κ2) is 6.12. The molecule has 2 heterocycles. The fourth-order valence-corrected chi connectivity index (χ4v) is 2.33. The van der Waals surface area contributed by atoms with Crippen molar-refractivity contribution in [3.8, 4) is 11.3 Å². The molecule has 1 amide bonds. The van der Waals surface area contributed by atoms with Gasteiger partial charge in [-0.25, -0.2) is 4.39 Å². The van der Waals surface area contributed by atoms with Crippen molar-refractivity contribution in [1.82, 2.24) is 15.3 Å². The number of aromatic nitrogens is 2. The molecule has 116 valence electrons. The number of amides is 1. The Bertz CT molecular complexity index is 877. The molecule has 5 heteroatoms. The number of fused-ring (bicyclic) bond motifs is 1. The van der Waals surface area contributed by atoms with Crippen LogP contribution in [0.15, 0.2) is 48.8 Å². The van der Waals surface area contributed by atoms with E-state index in [2.05, 4.69) is 15.3 Å². The number of nitrogens with zero attached hydrogens (tertiary/aromatic N) is 2. The fraction of sp³-hybridized carbons (Fsp3) is 0.167. The zero-order chi connectivity index (χ0) is 16.4. The van der Waals surface area contributed by atoms with Crippen molar-refractivity contribution in [3.63, 3.8) is 0 Å². The lowest BCUT2D eigenvalue weighted by atomic mass is 10.1. The third-order valence-electron chi connectivity index (χ3n) is 3.41. The predicted octanol–water partition coefficient (Wildman–Crippen LogP) is 3.57. The number of halogens is 1. The van der Waals surface area contributed by atoms with Crippen LogP contribution in [-0.4, -0.2) is 21.9 Å². The Hall–Kier alpha value is -2.82. The van der Waals surface area contributed by atoms with Gasteiger partial charge in [0, 0.05) is 34.9 Å². The quantitative estimate of drug-likeness (QED) is 0.804. The molecule has 1 N–H and O–H groups in total. The van der Waals surface area contributed by atoms with Crippen molar-refractivity contribution in [2.45, 2.75) is 19.9 Å². The molecule has 0 radical (unpaired) electrons. The Morgan fingerprint density at radius 2 is 2.00 bits per heavy atom. The molecule has 0 aliphatic heterocycles. The first-order chi connectivity index (χ1) is 11.0. The normalized spacial score (nSPS) is 11.0. The van der Waals surface area contributed by atoms with Gasteiger partial charge in [0.2, 0.25) is 0 Å². The summed E-state index contributed by atoms with van der Waals surface area (Å²) in [5, 5.41) is 3.27. The average molecular weight is 309 g/mol. The third-order valence-corrected chi connectivity index (χ3v) is 3.41. The number of benzene rings is 1. The number of carbonyl (C=O) groups excluding carboxylic acids is 1. The molecule has 2 aromatic heterocycles. The summed E-state index contributed by atoms with van der Waals surface area (Å²) in [4.78, 5) is 20.6. The first kappa shape index (κ1) is 15.1.